The summed E-state index contributed by atoms with van der Waals surface area (Å²) in [7, 11) is 0. The van der Waals surface area contributed by atoms with Crippen molar-refractivity contribution in [1.29, 1.82) is 0 Å². The van der Waals surface area contributed by atoms with Gasteiger partial charge in [-0.3, -0.25) is 0 Å². The molecule has 4 heteroatoms. The molecule has 1 aliphatic heterocycles. The molecule has 1 fully saturated rings. The van der Waals surface area contributed by atoms with E-state index in [2.05, 4.69) is 65.2 Å². The second kappa shape index (κ2) is 4.64. The molecule has 0 spiro atoms. The fourth-order valence-electron chi connectivity index (χ4n) is 1.82. The highest BCUT2D eigenvalue weighted by Crippen LogP contribution is 2.37. The van der Waals surface area contributed by atoms with Crippen LogP contribution < -0.4 is 5.32 Å². The van der Waals surface area contributed by atoms with E-state index in [0.717, 1.165) is 20.0 Å². The van der Waals surface area contributed by atoms with Crippen molar-refractivity contribution in [2.24, 2.45) is 0 Å². The molecule has 1 aliphatic rings. The Morgan fingerprint density at radius 1 is 1.14 bits per heavy atom. The Kier molecular flexibility index (Phi) is 3.68. The van der Waals surface area contributed by atoms with Crippen molar-refractivity contribution < 1.29 is 0 Å². The van der Waals surface area contributed by atoms with E-state index < -0.39 is 0 Å². The maximum Gasteiger partial charge on any atom is 0.0343 e. The highest BCUT2D eigenvalue weighted by molar-refractivity contribution is 9.11. The fourth-order valence-corrected chi connectivity index (χ4v) is 4.63. The lowest BCUT2D eigenvalue weighted by molar-refractivity contribution is 0.642. The van der Waals surface area contributed by atoms with Gasteiger partial charge in [0.1, 0.15) is 0 Å². The lowest BCUT2D eigenvalue weighted by Gasteiger charge is -2.15. The number of rotatable bonds is 1. The first-order chi connectivity index (χ1) is 6.68. The van der Waals surface area contributed by atoms with Gasteiger partial charge in [0.25, 0.3) is 0 Å². The van der Waals surface area contributed by atoms with Crippen molar-refractivity contribution in [3.63, 3.8) is 0 Å². The topological polar surface area (TPSA) is 12.0 Å². The minimum absolute atomic E-state index is 0.492. The lowest BCUT2D eigenvalue weighted by Crippen LogP contribution is -2.13. The Hall–Kier alpha value is 0.620. The minimum atomic E-state index is 0.492. The molecule has 1 heterocycles. The van der Waals surface area contributed by atoms with Gasteiger partial charge in [0.15, 0.2) is 0 Å². The first-order valence-corrected chi connectivity index (χ1v) is 6.94. The van der Waals surface area contributed by atoms with Gasteiger partial charge in [0.05, 0.1) is 0 Å². The quantitative estimate of drug-likeness (QED) is 0.758. The number of benzene rings is 1. The summed E-state index contributed by atoms with van der Waals surface area (Å²) in [5, 5.41) is 3.50. The van der Waals surface area contributed by atoms with Gasteiger partial charge in [0, 0.05) is 19.5 Å². The van der Waals surface area contributed by atoms with E-state index in [-0.39, 0.29) is 0 Å². The van der Waals surface area contributed by atoms with E-state index in [0.29, 0.717) is 6.04 Å². The summed E-state index contributed by atoms with van der Waals surface area (Å²) >= 11 is 10.7. The molecule has 14 heavy (non-hydrogen) atoms. The number of nitrogens with one attached hydrogen (secondary N) is 1. The van der Waals surface area contributed by atoms with Gasteiger partial charge in [-0.1, -0.05) is 47.8 Å². The number of hydrogen-bond acceptors (Lipinski definition) is 1. The summed E-state index contributed by atoms with van der Waals surface area (Å²) in [5.41, 5.74) is 1.34. The zero-order valence-corrected chi connectivity index (χ0v) is 12.2. The standard InChI is InChI=1S/C10H10Br3N/c11-6-4-7(12)10(8(13)5-6)9-2-1-3-14-9/h4-5,9,14H,1-3H2/t9-/m1/s1. The van der Waals surface area contributed by atoms with E-state index in [4.69, 9.17) is 0 Å². The largest absolute Gasteiger partial charge is 0.310 e. The van der Waals surface area contributed by atoms with Crippen LogP contribution in [0.5, 0.6) is 0 Å². The summed E-state index contributed by atoms with van der Waals surface area (Å²) in [5.74, 6) is 0. The third-order valence-electron chi connectivity index (χ3n) is 2.45. The van der Waals surface area contributed by atoms with Crippen molar-refractivity contribution in [3.8, 4) is 0 Å². The minimum Gasteiger partial charge on any atom is -0.310 e. The van der Waals surface area contributed by atoms with Crippen molar-refractivity contribution in [3.05, 3.63) is 31.1 Å². The summed E-state index contributed by atoms with van der Waals surface area (Å²) in [4.78, 5) is 0. The molecule has 1 nitrogen and oxygen atoms in total. The Balaban J connectivity index is 2.40. The summed E-state index contributed by atoms with van der Waals surface area (Å²) in [6.45, 7) is 1.12. The maximum atomic E-state index is 3.61. The molecule has 1 aromatic carbocycles. The van der Waals surface area contributed by atoms with E-state index in [9.17, 15) is 0 Å². The van der Waals surface area contributed by atoms with Crippen LogP contribution in [-0.4, -0.2) is 6.54 Å². The molecule has 0 radical (unpaired) electrons. The number of halogens is 3. The van der Waals surface area contributed by atoms with Crippen LogP contribution >= 0.6 is 47.8 Å². The molecule has 0 saturated carbocycles. The molecule has 0 aliphatic carbocycles. The van der Waals surface area contributed by atoms with Gasteiger partial charge >= 0.3 is 0 Å². The summed E-state index contributed by atoms with van der Waals surface area (Å²) < 4.78 is 3.43. The lowest BCUT2D eigenvalue weighted by atomic mass is 10.1. The second-order valence-electron chi connectivity index (χ2n) is 3.43. The van der Waals surface area contributed by atoms with Crippen LogP contribution in [0.1, 0.15) is 24.4 Å². The van der Waals surface area contributed by atoms with Crippen molar-refractivity contribution in [2.45, 2.75) is 18.9 Å². The molecule has 0 amide bonds. The summed E-state index contributed by atoms with van der Waals surface area (Å²) in [6, 6.07) is 4.69. The molecule has 1 aromatic rings. The van der Waals surface area contributed by atoms with Crippen molar-refractivity contribution in [2.75, 3.05) is 6.54 Å². The average molecular weight is 384 g/mol. The van der Waals surface area contributed by atoms with Gasteiger partial charge < -0.3 is 5.32 Å². The van der Waals surface area contributed by atoms with Crippen LogP contribution in [0, 0.1) is 0 Å². The molecular formula is C10H10Br3N. The smallest absolute Gasteiger partial charge is 0.0343 e. The van der Waals surface area contributed by atoms with Gasteiger partial charge in [-0.2, -0.15) is 0 Å². The van der Waals surface area contributed by atoms with Gasteiger partial charge in [-0.15, -0.1) is 0 Å². The Morgan fingerprint density at radius 2 is 1.79 bits per heavy atom. The molecule has 0 aromatic heterocycles. The van der Waals surface area contributed by atoms with Gasteiger partial charge in [-0.05, 0) is 37.1 Å². The zero-order valence-electron chi connectivity index (χ0n) is 7.49. The molecule has 2 rings (SSSR count). The van der Waals surface area contributed by atoms with Crippen LogP contribution in [-0.2, 0) is 0 Å². The SMILES string of the molecule is Brc1cc(Br)c([C@H]2CCCN2)c(Br)c1. The van der Waals surface area contributed by atoms with Gasteiger partial charge in [0.2, 0.25) is 0 Å². The highest BCUT2D eigenvalue weighted by atomic mass is 79.9. The van der Waals surface area contributed by atoms with E-state index in [1.54, 1.807) is 0 Å². The highest BCUT2D eigenvalue weighted by Gasteiger charge is 2.21. The second-order valence-corrected chi connectivity index (χ2v) is 6.06. The molecule has 76 valence electrons. The fraction of sp³-hybridized carbons (Fsp3) is 0.400. The van der Waals surface area contributed by atoms with E-state index >= 15 is 0 Å². The van der Waals surface area contributed by atoms with Crippen LogP contribution in [0.4, 0.5) is 0 Å². The average Bonchev–Trinajstić information content (AvgIpc) is 2.54. The number of hydrogen-bond donors (Lipinski definition) is 1. The normalized spacial score (nSPS) is 21.5. The van der Waals surface area contributed by atoms with Crippen LogP contribution in [0.15, 0.2) is 25.6 Å². The van der Waals surface area contributed by atoms with Crippen molar-refractivity contribution in [1.82, 2.24) is 5.32 Å². The first kappa shape index (κ1) is 11.1. The molecule has 1 atom stereocenters. The molecule has 0 unspecified atom stereocenters. The third-order valence-corrected chi connectivity index (χ3v) is 4.22. The zero-order chi connectivity index (χ0) is 10.1. The van der Waals surface area contributed by atoms with Crippen LogP contribution in [0.25, 0.3) is 0 Å². The molecule has 1 saturated heterocycles. The first-order valence-electron chi connectivity index (χ1n) is 4.56. The third kappa shape index (κ3) is 2.23. The van der Waals surface area contributed by atoms with E-state index in [1.807, 2.05) is 0 Å². The predicted octanol–water partition coefficient (Wildman–Crippen LogP) is 4.40. The molecular weight excluding hydrogens is 374 g/mol. The molecule has 1 N–H and O–H groups in total. The Morgan fingerprint density at radius 3 is 2.29 bits per heavy atom. The van der Waals surface area contributed by atoms with Crippen molar-refractivity contribution >= 4 is 47.8 Å². The maximum absolute atomic E-state index is 3.61. The van der Waals surface area contributed by atoms with Gasteiger partial charge in [-0.25, -0.2) is 0 Å². The van der Waals surface area contributed by atoms with E-state index in [1.165, 1.54) is 18.4 Å². The van der Waals surface area contributed by atoms with Crippen LogP contribution in [0.3, 0.4) is 0 Å². The summed E-state index contributed by atoms with van der Waals surface area (Å²) in [6.07, 6.45) is 2.48. The Bertz CT molecular complexity index is 322. The Labute approximate surface area is 109 Å². The van der Waals surface area contributed by atoms with Crippen LogP contribution in [0.2, 0.25) is 0 Å². The monoisotopic (exact) mass is 381 g/mol. The molecule has 0 bridgehead atoms. The predicted molar refractivity (Wildman–Crippen MR) is 69.5 cm³/mol.